The van der Waals surface area contributed by atoms with Crippen molar-refractivity contribution in [3.05, 3.63) is 65.2 Å². The number of nitrogens with two attached hydrogens (primary N) is 1. The van der Waals surface area contributed by atoms with Gasteiger partial charge in [-0.25, -0.2) is 0 Å². The summed E-state index contributed by atoms with van der Waals surface area (Å²) in [6.45, 7) is 0.387. The number of anilines is 1. The van der Waals surface area contributed by atoms with E-state index < -0.39 is 11.7 Å². The molecule has 0 amide bonds. The van der Waals surface area contributed by atoms with Gasteiger partial charge in [0.15, 0.2) is 0 Å². The van der Waals surface area contributed by atoms with Crippen LogP contribution in [0.3, 0.4) is 0 Å². The Kier molecular flexibility index (Phi) is 4.47. The van der Waals surface area contributed by atoms with E-state index in [9.17, 15) is 13.2 Å². The molecule has 0 aliphatic rings. The summed E-state index contributed by atoms with van der Waals surface area (Å²) < 4.78 is 37.4. The molecule has 0 aliphatic heterocycles. The standard InChI is InChI=1S/C15H13F3N2S/c16-15(17,18)11-7-5-10(6-8-11)9-20-13-4-2-1-3-12(13)14(19)21/h1-8,20H,9H2,(H2,19,21). The largest absolute Gasteiger partial charge is 0.416 e. The first-order valence-corrected chi connectivity index (χ1v) is 6.57. The van der Waals surface area contributed by atoms with Gasteiger partial charge in [-0.3, -0.25) is 0 Å². The van der Waals surface area contributed by atoms with Crippen LogP contribution in [0.4, 0.5) is 18.9 Å². The van der Waals surface area contributed by atoms with Crippen molar-refractivity contribution < 1.29 is 13.2 Å². The van der Waals surface area contributed by atoms with Gasteiger partial charge in [0.2, 0.25) is 0 Å². The van der Waals surface area contributed by atoms with Crippen LogP contribution in [-0.4, -0.2) is 4.99 Å². The third-order valence-electron chi connectivity index (χ3n) is 2.96. The molecule has 0 fully saturated rings. The number of para-hydroxylation sites is 1. The quantitative estimate of drug-likeness (QED) is 0.840. The van der Waals surface area contributed by atoms with E-state index in [1.807, 2.05) is 18.2 Å². The molecule has 6 heteroatoms. The second kappa shape index (κ2) is 6.13. The number of nitrogens with one attached hydrogen (secondary N) is 1. The Morgan fingerprint density at radius 2 is 1.67 bits per heavy atom. The minimum atomic E-state index is -4.32. The predicted octanol–water partition coefficient (Wildman–Crippen LogP) is 3.95. The zero-order chi connectivity index (χ0) is 15.5. The summed E-state index contributed by atoms with van der Waals surface area (Å²) in [5.74, 6) is 0. The molecule has 0 heterocycles. The van der Waals surface area contributed by atoms with E-state index in [0.717, 1.165) is 23.4 Å². The molecule has 2 rings (SSSR count). The third kappa shape index (κ3) is 3.95. The number of benzene rings is 2. The lowest BCUT2D eigenvalue weighted by Gasteiger charge is -2.12. The van der Waals surface area contributed by atoms with Gasteiger partial charge in [0, 0.05) is 17.8 Å². The van der Waals surface area contributed by atoms with E-state index in [4.69, 9.17) is 18.0 Å². The van der Waals surface area contributed by atoms with Crippen LogP contribution in [0.5, 0.6) is 0 Å². The Bertz CT molecular complexity index is 636. The highest BCUT2D eigenvalue weighted by molar-refractivity contribution is 7.80. The summed E-state index contributed by atoms with van der Waals surface area (Å²) >= 11 is 4.95. The number of hydrogen-bond acceptors (Lipinski definition) is 2. The summed E-state index contributed by atoms with van der Waals surface area (Å²) in [7, 11) is 0. The van der Waals surface area contributed by atoms with Crippen LogP contribution in [0.25, 0.3) is 0 Å². The molecular weight excluding hydrogens is 297 g/mol. The van der Waals surface area contributed by atoms with E-state index in [0.29, 0.717) is 12.1 Å². The van der Waals surface area contributed by atoms with Crippen molar-refractivity contribution in [2.24, 2.45) is 5.73 Å². The third-order valence-corrected chi connectivity index (χ3v) is 3.18. The van der Waals surface area contributed by atoms with Gasteiger partial charge < -0.3 is 11.1 Å². The number of alkyl halides is 3. The SMILES string of the molecule is NC(=S)c1ccccc1NCc1ccc(C(F)(F)F)cc1. The van der Waals surface area contributed by atoms with Crippen LogP contribution in [0, 0.1) is 0 Å². The van der Waals surface area contributed by atoms with Crippen LogP contribution in [0.2, 0.25) is 0 Å². The van der Waals surface area contributed by atoms with Crippen LogP contribution in [0.15, 0.2) is 48.5 Å². The second-order valence-electron chi connectivity index (χ2n) is 4.46. The topological polar surface area (TPSA) is 38.0 Å². The van der Waals surface area contributed by atoms with Gasteiger partial charge >= 0.3 is 6.18 Å². The van der Waals surface area contributed by atoms with Crippen LogP contribution in [0.1, 0.15) is 16.7 Å². The molecule has 0 saturated heterocycles. The van der Waals surface area contributed by atoms with E-state index in [-0.39, 0.29) is 4.99 Å². The van der Waals surface area contributed by atoms with Gasteiger partial charge in [0.1, 0.15) is 4.99 Å². The molecule has 0 spiro atoms. The molecule has 110 valence electrons. The predicted molar refractivity (Wildman–Crippen MR) is 81.1 cm³/mol. The maximum atomic E-state index is 12.5. The smallest absolute Gasteiger partial charge is 0.389 e. The maximum Gasteiger partial charge on any atom is 0.416 e. The van der Waals surface area contributed by atoms with Gasteiger partial charge in [-0.1, -0.05) is 36.5 Å². The van der Waals surface area contributed by atoms with E-state index >= 15 is 0 Å². The number of rotatable bonds is 4. The zero-order valence-electron chi connectivity index (χ0n) is 10.9. The van der Waals surface area contributed by atoms with Gasteiger partial charge in [-0.15, -0.1) is 0 Å². The summed E-state index contributed by atoms with van der Waals surface area (Å²) in [6, 6.07) is 12.3. The van der Waals surface area contributed by atoms with Crippen molar-refractivity contribution >= 4 is 22.9 Å². The highest BCUT2D eigenvalue weighted by Gasteiger charge is 2.29. The summed E-state index contributed by atoms with van der Waals surface area (Å²) in [4.78, 5) is 0.269. The Morgan fingerprint density at radius 3 is 2.24 bits per heavy atom. The zero-order valence-corrected chi connectivity index (χ0v) is 11.8. The monoisotopic (exact) mass is 310 g/mol. The van der Waals surface area contributed by atoms with Crippen molar-refractivity contribution in [2.45, 2.75) is 12.7 Å². The Morgan fingerprint density at radius 1 is 1.05 bits per heavy atom. The molecule has 0 radical (unpaired) electrons. The molecule has 21 heavy (non-hydrogen) atoms. The minimum Gasteiger partial charge on any atom is -0.389 e. The highest BCUT2D eigenvalue weighted by Crippen LogP contribution is 2.29. The van der Waals surface area contributed by atoms with E-state index in [2.05, 4.69) is 5.32 Å². The van der Waals surface area contributed by atoms with Crippen molar-refractivity contribution in [2.75, 3.05) is 5.32 Å². The van der Waals surface area contributed by atoms with Crippen molar-refractivity contribution in [1.82, 2.24) is 0 Å². The minimum absolute atomic E-state index is 0.269. The van der Waals surface area contributed by atoms with Crippen LogP contribution >= 0.6 is 12.2 Å². The first-order chi connectivity index (χ1) is 9.88. The van der Waals surface area contributed by atoms with E-state index in [1.54, 1.807) is 6.07 Å². The molecule has 3 N–H and O–H groups in total. The molecule has 0 aliphatic carbocycles. The second-order valence-corrected chi connectivity index (χ2v) is 4.90. The van der Waals surface area contributed by atoms with Crippen molar-refractivity contribution in [3.63, 3.8) is 0 Å². The summed E-state index contributed by atoms with van der Waals surface area (Å²) in [5, 5.41) is 3.12. The molecular formula is C15H13F3N2S. The van der Waals surface area contributed by atoms with Gasteiger partial charge in [-0.2, -0.15) is 13.2 Å². The normalized spacial score (nSPS) is 11.2. The van der Waals surface area contributed by atoms with Crippen molar-refractivity contribution in [1.29, 1.82) is 0 Å². The Balaban J connectivity index is 2.09. The Hall–Kier alpha value is -2.08. The maximum absolute atomic E-state index is 12.5. The average Bonchev–Trinajstić information content (AvgIpc) is 2.45. The van der Waals surface area contributed by atoms with Crippen LogP contribution in [-0.2, 0) is 12.7 Å². The molecule has 2 nitrogen and oxygen atoms in total. The van der Waals surface area contributed by atoms with Crippen LogP contribution < -0.4 is 11.1 Å². The number of thiocarbonyl (C=S) groups is 1. The first kappa shape index (κ1) is 15.3. The fraction of sp³-hybridized carbons (Fsp3) is 0.133. The summed E-state index contributed by atoms with van der Waals surface area (Å²) in [5.41, 5.74) is 7.16. The van der Waals surface area contributed by atoms with Gasteiger partial charge in [-0.05, 0) is 29.8 Å². The lowest BCUT2D eigenvalue weighted by molar-refractivity contribution is -0.137. The fourth-order valence-electron chi connectivity index (χ4n) is 1.86. The summed E-state index contributed by atoms with van der Waals surface area (Å²) in [6.07, 6.45) is -4.32. The molecule has 0 atom stereocenters. The average molecular weight is 310 g/mol. The van der Waals surface area contributed by atoms with Gasteiger partial charge in [0.05, 0.1) is 5.56 Å². The van der Waals surface area contributed by atoms with Crippen molar-refractivity contribution in [3.8, 4) is 0 Å². The highest BCUT2D eigenvalue weighted by atomic mass is 32.1. The molecule has 2 aromatic rings. The van der Waals surface area contributed by atoms with Gasteiger partial charge in [0.25, 0.3) is 0 Å². The fourth-order valence-corrected chi connectivity index (χ4v) is 2.04. The lowest BCUT2D eigenvalue weighted by Crippen LogP contribution is -2.13. The van der Waals surface area contributed by atoms with E-state index in [1.165, 1.54) is 12.1 Å². The number of halogens is 3. The molecule has 0 bridgehead atoms. The molecule has 0 saturated carbocycles. The first-order valence-electron chi connectivity index (χ1n) is 6.17. The lowest BCUT2D eigenvalue weighted by atomic mass is 10.1. The molecule has 2 aromatic carbocycles. The number of hydrogen-bond donors (Lipinski definition) is 2. The Labute approximate surface area is 125 Å². The molecule has 0 aromatic heterocycles. The molecule has 0 unspecified atom stereocenters.